The van der Waals surface area contributed by atoms with E-state index in [1.165, 1.54) is 0 Å². The van der Waals surface area contributed by atoms with Crippen molar-refractivity contribution in [3.63, 3.8) is 0 Å². The molecule has 1 aromatic rings. The second-order valence-electron chi connectivity index (χ2n) is 4.99. The zero-order chi connectivity index (χ0) is 12.8. The number of urea groups is 1. The quantitative estimate of drug-likeness (QED) is 0.756. The van der Waals surface area contributed by atoms with Gasteiger partial charge in [0.2, 0.25) is 0 Å². The molecule has 18 heavy (non-hydrogen) atoms. The molecule has 2 unspecified atom stereocenters. The Morgan fingerprint density at radius 3 is 2.67 bits per heavy atom. The number of nitrogens with one attached hydrogen (secondary N) is 2. The van der Waals surface area contributed by atoms with Gasteiger partial charge in [0.15, 0.2) is 0 Å². The summed E-state index contributed by atoms with van der Waals surface area (Å²) in [5.41, 5.74) is 6.94. The van der Waals surface area contributed by atoms with Gasteiger partial charge in [-0.3, -0.25) is 0 Å². The van der Waals surface area contributed by atoms with Crippen molar-refractivity contribution in [2.75, 3.05) is 6.54 Å². The van der Waals surface area contributed by atoms with E-state index in [9.17, 15) is 4.79 Å². The van der Waals surface area contributed by atoms with Gasteiger partial charge in [0.1, 0.15) is 0 Å². The van der Waals surface area contributed by atoms with Crippen molar-refractivity contribution in [3.05, 3.63) is 35.9 Å². The Bertz CT molecular complexity index is 380. The van der Waals surface area contributed by atoms with E-state index in [-0.39, 0.29) is 6.03 Å². The predicted octanol–water partition coefficient (Wildman–Crippen LogP) is 1.61. The Labute approximate surface area is 108 Å². The van der Waals surface area contributed by atoms with Crippen LogP contribution in [0.15, 0.2) is 30.3 Å². The van der Waals surface area contributed by atoms with E-state index in [2.05, 4.69) is 10.6 Å². The molecule has 0 bridgehead atoms. The third kappa shape index (κ3) is 4.04. The second kappa shape index (κ2) is 6.40. The lowest BCUT2D eigenvalue weighted by Gasteiger charge is -2.12. The highest BCUT2D eigenvalue weighted by molar-refractivity contribution is 5.73. The topological polar surface area (TPSA) is 67.1 Å². The Hall–Kier alpha value is -1.55. The van der Waals surface area contributed by atoms with Gasteiger partial charge in [-0.15, -0.1) is 0 Å². The van der Waals surface area contributed by atoms with Crippen molar-refractivity contribution in [1.29, 1.82) is 0 Å². The number of carbonyl (C=O) groups excluding carboxylic acids is 1. The fourth-order valence-electron chi connectivity index (χ4n) is 2.38. The molecule has 2 rings (SSSR count). The molecule has 0 aliphatic heterocycles. The highest BCUT2D eigenvalue weighted by atomic mass is 16.2. The SMILES string of the molecule is NC1CCC(CNC(=O)NCc2ccccc2)C1. The van der Waals surface area contributed by atoms with Crippen LogP contribution < -0.4 is 16.4 Å². The molecule has 4 N–H and O–H groups in total. The van der Waals surface area contributed by atoms with Crippen LogP contribution in [0.3, 0.4) is 0 Å². The summed E-state index contributed by atoms with van der Waals surface area (Å²) >= 11 is 0. The third-order valence-corrected chi connectivity index (χ3v) is 3.43. The lowest BCUT2D eigenvalue weighted by molar-refractivity contribution is 0.238. The van der Waals surface area contributed by atoms with Crippen molar-refractivity contribution >= 4 is 6.03 Å². The summed E-state index contributed by atoms with van der Waals surface area (Å²) in [4.78, 5) is 11.6. The monoisotopic (exact) mass is 247 g/mol. The molecule has 0 radical (unpaired) electrons. The molecule has 1 saturated carbocycles. The second-order valence-corrected chi connectivity index (χ2v) is 4.99. The van der Waals surface area contributed by atoms with E-state index in [1.807, 2.05) is 30.3 Å². The summed E-state index contributed by atoms with van der Waals surface area (Å²) < 4.78 is 0. The van der Waals surface area contributed by atoms with Crippen LogP contribution in [0, 0.1) is 5.92 Å². The summed E-state index contributed by atoms with van der Waals surface area (Å²) in [7, 11) is 0. The maximum absolute atomic E-state index is 11.6. The minimum Gasteiger partial charge on any atom is -0.338 e. The number of hydrogen-bond acceptors (Lipinski definition) is 2. The summed E-state index contributed by atoms with van der Waals surface area (Å²) in [6, 6.07) is 10.1. The smallest absolute Gasteiger partial charge is 0.315 e. The Morgan fingerprint density at radius 2 is 2.00 bits per heavy atom. The van der Waals surface area contributed by atoms with E-state index in [1.54, 1.807) is 0 Å². The third-order valence-electron chi connectivity index (χ3n) is 3.43. The summed E-state index contributed by atoms with van der Waals surface area (Å²) in [6.45, 7) is 1.30. The minimum absolute atomic E-state index is 0.0978. The van der Waals surface area contributed by atoms with Crippen LogP contribution in [0.4, 0.5) is 4.79 Å². The number of benzene rings is 1. The highest BCUT2D eigenvalue weighted by Crippen LogP contribution is 2.22. The van der Waals surface area contributed by atoms with Crippen molar-refractivity contribution in [1.82, 2.24) is 10.6 Å². The van der Waals surface area contributed by atoms with Gasteiger partial charge in [-0.05, 0) is 30.7 Å². The Morgan fingerprint density at radius 1 is 1.22 bits per heavy atom. The molecule has 0 aromatic heterocycles. The van der Waals surface area contributed by atoms with Gasteiger partial charge >= 0.3 is 6.03 Å². The molecule has 0 saturated heterocycles. The van der Waals surface area contributed by atoms with Gasteiger partial charge in [0.25, 0.3) is 0 Å². The fraction of sp³-hybridized carbons (Fsp3) is 0.500. The van der Waals surface area contributed by atoms with Gasteiger partial charge in [0, 0.05) is 19.1 Å². The summed E-state index contributed by atoms with van der Waals surface area (Å²) in [5.74, 6) is 0.544. The van der Waals surface area contributed by atoms with Crippen LogP contribution in [0.1, 0.15) is 24.8 Å². The zero-order valence-electron chi connectivity index (χ0n) is 10.6. The first-order valence-electron chi connectivity index (χ1n) is 6.55. The first kappa shape index (κ1) is 12.9. The highest BCUT2D eigenvalue weighted by Gasteiger charge is 2.21. The zero-order valence-corrected chi connectivity index (χ0v) is 10.6. The molecule has 1 aliphatic carbocycles. The average molecular weight is 247 g/mol. The molecule has 4 heteroatoms. The minimum atomic E-state index is -0.0978. The normalized spacial score (nSPS) is 22.7. The number of rotatable bonds is 4. The first-order valence-corrected chi connectivity index (χ1v) is 6.55. The molecular formula is C14H21N3O. The van der Waals surface area contributed by atoms with Crippen molar-refractivity contribution in [2.45, 2.75) is 31.8 Å². The van der Waals surface area contributed by atoms with E-state index in [0.29, 0.717) is 18.5 Å². The van der Waals surface area contributed by atoms with E-state index in [0.717, 1.165) is 31.4 Å². The van der Waals surface area contributed by atoms with E-state index >= 15 is 0 Å². The van der Waals surface area contributed by atoms with E-state index in [4.69, 9.17) is 5.73 Å². The Kier molecular flexibility index (Phi) is 4.59. The summed E-state index contributed by atoms with van der Waals surface area (Å²) in [6.07, 6.45) is 3.23. The van der Waals surface area contributed by atoms with Crippen LogP contribution in [0.2, 0.25) is 0 Å². The molecule has 1 aliphatic rings. The van der Waals surface area contributed by atoms with Crippen molar-refractivity contribution < 1.29 is 4.79 Å². The molecule has 2 atom stereocenters. The van der Waals surface area contributed by atoms with Crippen LogP contribution >= 0.6 is 0 Å². The van der Waals surface area contributed by atoms with Gasteiger partial charge in [-0.2, -0.15) is 0 Å². The number of carbonyl (C=O) groups is 1. The Balaban J connectivity index is 1.63. The van der Waals surface area contributed by atoms with Crippen molar-refractivity contribution in [3.8, 4) is 0 Å². The largest absolute Gasteiger partial charge is 0.338 e. The molecule has 1 fully saturated rings. The molecule has 1 aromatic carbocycles. The van der Waals surface area contributed by atoms with Crippen LogP contribution in [0.25, 0.3) is 0 Å². The first-order chi connectivity index (χ1) is 8.74. The predicted molar refractivity (Wildman–Crippen MR) is 72.0 cm³/mol. The number of nitrogens with two attached hydrogens (primary N) is 1. The average Bonchev–Trinajstić information content (AvgIpc) is 2.81. The molecule has 0 spiro atoms. The van der Waals surface area contributed by atoms with E-state index < -0.39 is 0 Å². The van der Waals surface area contributed by atoms with Gasteiger partial charge in [-0.1, -0.05) is 30.3 Å². The van der Waals surface area contributed by atoms with Gasteiger partial charge in [0.05, 0.1) is 0 Å². The number of hydrogen-bond donors (Lipinski definition) is 3. The summed E-state index contributed by atoms with van der Waals surface area (Å²) in [5, 5.41) is 5.76. The lowest BCUT2D eigenvalue weighted by Crippen LogP contribution is -2.37. The fourth-order valence-corrected chi connectivity index (χ4v) is 2.38. The van der Waals surface area contributed by atoms with Crippen molar-refractivity contribution in [2.24, 2.45) is 11.7 Å². The maximum atomic E-state index is 11.6. The number of amides is 2. The van der Waals surface area contributed by atoms with Gasteiger partial charge < -0.3 is 16.4 Å². The standard InChI is InChI=1S/C14H21N3O/c15-13-7-6-12(8-13)10-17-14(18)16-9-11-4-2-1-3-5-11/h1-5,12-13H,6-10,15H2,(H2,16,17,18). The maximum Gasteiger partial charge on any atom is 0.315 e. The molecular weight excluding hydrogens is 226 g/mol. The molecule has 4 nitrogen and oxygen atoms in total. The van der Waals surface area contributed by atoms with Gasteiger partial charge in [-0.25, -0.2) is 4.79 Å². The lowest BCUT2D eigenvalue weighted by atomic mass is 10.1. The molecule has 0 heterocycles. The van der Waals surface area contributed by atoms with Crippen LogP contribution in [-0.2, 0) is 6.54 Å². The molecule has 2 amide bonds. The van der Waals surface area contributed by atoms with Crippen LogP contribution in [0.5, 0.6) is 0 Å². The molecule has 98 valence electrons. The van der Waals surface area contributed by atoms with Crippen LogP contribution in [-0.4, -0.2) is 18.6 Å².